The van der Waals surface area contributed by atoms with Crippen molar-refractivity contribution in [3.8, 4) is 0 Å². The van der Waals surface area contributed by atoms with Crippen LogP contribution in [-0.4, -0.2) is 13.1 Å². The van der Waals surface area contributed by atoms with Crippen LogP contribution in [0.3, 0.4) is 0 Å². The first-order chi connectivity index (χ1) is 8.12. The Hall–Kier alpha value is -0.340. The zero-order valence-corrected chi connectivity index (χ0v) is 12.4. The summed E-state index contributed by atoms with van der Waals surface area (Å²) in [5.74, 6) is 0.822. The van der Waals surface area contributed by atoms with E-state index in [2.05, 4.69) is 59.4 Å². The van der Waals surface area contributed by atoms with Crippen LogP contribution in [0.5, 0.6) is 0 Å². The summed E-state index contributed by atoms with van der Waals surface area (Å²) in [5.41, 5.74) is 1.90. The Morgan fingerprint density at radius 3 is 2.65 bits per heavy atom. The predicted molar refractivity (Wildman–Crippen MR) is 77.4 cm³/mol. The molecule has 0 unspecified atom stereocenters. The molecule has 1 fully saturated rings. The second-order valence-corrected chi connectivity index (χ2v) is 6.60. The molecule has 0 amide bonds. The standard InChI is InChI=1S/C15H22BrN/c1-12(2)5-4-8-15(10-17-11-15)13-6-3-7-14(16)9-13/h3,6-7,9,12,17H,4-5,8,10-11H2,1-2H3. The van der Waals surface area contributed by atoms with Gasteiger partial charge in [0.05, 0.1) is 0 Å². The van der Waals surface area contributed by atoms with Gasteiger partial charge in [-0.2, -0.15) is 0 Å². The number of hydrogen-bond donors (Lipinski definition) is 1. The Morgan fingerprint density at radius 1 is 1.35 bits per heavy atom. The highest BCUT2D eigenvalue weighted by molar-refractivity contribution is 9.10. The highest BCUT2D eigenvalue weighted by atomic mass is 79.9. The van der Waals surface area contributed by atoms with Gasteiger partial charge in [-0.05, 0) is 30.0 Å². The second-order valence-electron chi connectivity index (χ2n) is 5.68. The van der Waals surface area contributed by atoms with Crippen LogP contribution in [0.4, 0.5) is 0 Å². The van der Waals surface area contributed by atoms with E-state index in [1.807, 2.05) is 0 Å². The van der Waals surface area contributed by atoms with E-state index in [1.165, 1.54) is 29.3 Å². The lowest BCUT2D eigenvalue weighted by Crippen LogP contribution is -2.56. The molecule has 1 nitrogen and oxygen atoms in total. The van der Waals surface area contributed by atoms with Gasteiger partial charge >= 0.3 is 0 Å². The summed E-state index contributed by atoms with van der Waals surface area (Å²) in [6.45, 7) is 6.90. The van der Waals surface area contributed by atoms with Crippen molar-refractivity contribution in [1.29, 1.82) is 0 Å². The molecule has 1 aromatic carbocycles. The molecule has 94 valence electrons. The maximum absolute atomic E-state index is 3.58. The Morgan fingerprint density at radius 2 is 2.12 bits per heavy atom. The van der Waals surface area contributed by atoms with E-state index >= 15 is 0 Å². The van der Waals surface area contributed by atoms with E-state index < -0.39 is 0 Å². The first-order valence-electron chi connectivity index (χ1n) is 6.59. The van der Waals surface area contributed by atoms with Crippen molar-refractivity contribution in [3.05, 3.63) is 34.3 Å². The quantitative estimate of drug-likeness (QED) is 0.862. The predicted octanol–water partition coefficient (Wildman–Crippen LogP) is 4.12. The minimum absolute atomic E-state index is 0.401. The summed E-state index contributed by atoms with van der Waals surface area (Å²) in [6.07, 6.45) is 4.00. The third kappa shape index (κ3) is 3.11. The molecule has 1 heterocycles. The van der Waals surface area contributed by atoms with Crippen molar-refractivity contribution in [2.24, 2.45) is 5.92 Å². The number of rotatable bonds is 5. The number of nitrogens with one attached hydrogen (secondary N) is 1. The SMILES string of the molecule is CC(C)CCCC1(c2cccc(Br)c2)CNC1. The van der Waals surface area contributed by atoms with Crippen LogP contribution < -0.4 is 5.32 Å². The van der Waals surface area contributed by atoms with E-state index in [1.54, 1.807) is 0 Å². The molecule has 0 atom stereocenters. The Kier molecular flexibility index (Phi) is 4.26. The van der Waals surface area contributed by atoms with E-state index in [0.29, 0.717) is 5.41 Å². The number of hydrogen-bond acceptors (Lipinski definition) is 1. The van der Waals surface area contributed by atoms with Crippen LogP contribution in [0.15, 0.2) is 28.7 Å². The van der Waals surface area contributed by atoms with Crippen LogP contribution in [0, 0.1) is 5.92 Å². The summed E-state index contributed by atoms with van der Waals surface area (Å²) < 4.78 is 1.20. The fourth-order valence-electron chi connectivity index (χ4n) is 2.62. The fraction of sp³-hybridized carbons (Fsp3) is 0.600. The normalized spacial score (nSPS) is 18.1. The lowest BCUT2D eigenvalue weighted by Gasteiger charge is -2.43. The fourth-order valence-corrected chi connectivity index (χ4v) is 3.02. The third-order valence-corrected chi connectivity index (χ3v) is 4.29. The molecule has 2 rings (SSSR count). The van der Waals surface area contributed by atoms with Crippen molar-refractivity contribution in [3.63, 3.8) is 0 Å². The van der Waals surface area contributed by atoms with Gasteiger partial charge in [0.1, 0.15) is 0 Å². The van der Waals surface area contributed by atoms with Crippen molar-refractivity contribution < 1.29 is 0 Å². The van der Waals surface area contributed by atoms with Gasteiger partial charge in [-0.25, -0.2) is 0 Å². The molecular weight excluding hydrogens is 274 g/mol. The van der Waals surface area contributed by atoms with Gasteiger partial charge in [-0.1, -0.05) is 54.8 Å². The minimum atomic E-state index is 0.401. The van der Waals surface area contributed by atoms with Gasteiger partial charge in [0.25, 0.3) is 0 Å². The molecule has 0 spiro atoms. The molecule has 1 N–H and O–H groups in total. The molecule has 0 bridgehead atoms. The first-order valence-corrected chi connectivity index (χ1v) is 7.38. The van der Waals surface area contributed by atoms with Crippen LogP contribution >= 0.6 is 15.9 Å². The third-order valence-electron chi connectivity index (χ3n) is 3.80. The summed E-state index contributed by atoms with van der Waals surface area (Å²) in [6, 6.07) is 8.83. The molecule has 0 aromatic heterocycles. The summed E-state index contributed by atoms with van der Waals surface area (Å²) in [5, 5.41) is 3.44. The Labute approximate surface area is 113 Å². The number of benzene rings is 1. The van der Waals surface area contributed by atoms with Crippen molar-refractivity contribution in [2.75, 3.05) is 13.1 Å². The maximum Gasteiger partial charge on any atom is 0.0203 e. The van der Waals surface area contributed by atoms with E-state index in [4.69, 9.17) is 0 Å². The lowest BCUT2D eigenvalue weighted by molar-refractivity contribution is 0.246. The van der Waals surface area contributed by atoms with Gasteiger partial charge < -0.3 is 5.32 Å². The monoisotopic (exact) mass is 295 g/mol. The lowest BCUT2D eigenvalue weighted by atomic mass is 9.71. The first kappa shape index (κ1) is 13.1. The Balaban J connectivity index is 2.04. The van der Waals surface area contributed by atoms with E-state index in [-0.39, 0.29) is 0 Å². The molecule has 17 heavy (non-hydrogen) atoms. The molecule has 1 aliphatic rings. The molecule has 1 saturated heterocycles. The molecule has 2 heteroatoms. The molecule has 1 aliphatic heterocycles. The molecule has 0 saturated carbocycles. The van der Waals surface area contributed by atoms with Crippen molar-refractivity contribution >= 4 is 15.9 Å². The average molecular weight is 296 g/mol. The Bertz CT molecular complexity index is 369. The molecule has 1 aromatic rings. The largest absolute Gasteiger partial charge is 0.315 e. The van der Waals surface area contributed by atoms with Crippen molar-refractivity contribution in [1.82, 2.24) is 5.32 Å². The average Bonchev–Trinajstić information content (AvgIpc) is 2.21. The topological polar surface area (TPSA) is 12.0 Å². The minimum Gasteiger partial charge on any atom is -0.315 e. The second kappa shape index (κ2) is 5.53. The zero-order chi connectivity index (χ0) is 12.3. The summed E-state index contributed by atoms with van der Waals surface area (Å²) in [7, 11) is 0. The van der Waals surface area contributed by atoms with Crippen LogP contribution in [0.25, 0.3) is 0 Å². The summed E-state index contributed by atoms with van der Waals surface area (Å²) >= 11 is 3.58. The molecule has 0 radical (unpaired) electrons. The molecule has 0 aliphatic carbocycles. The van der Waals surface area contributed by atoms with E-state index in [9.17, 15) is 0 Å². The zero-order valence-electron chi connectivity index (χ0n) is 10.8. The van der Waals surface area contributed by atoms with Gasteiger partial charge in [0.2, 0.25) is 0 Å². The number of halogens is 1. The molecular formula is C15H22BrN. The van der Waals surface area contributed by atoms with Gasteiger partial charge in [0, 0.05) is 23.0 Å². The smallest absolute Gasteiger partial charge is 0.0203 e. The maximum atomic E-state index is 3.58. The highest BCUT2D eigenvalue weighted by Crippen LogP contribution is 2.35. The summed E-state index contributed by atoms with van der Waals surface area (Å²) in [4.78, 5) is 0. The van der Waals surface area contributed by atoms with Crippen molar-refractivity contribution in [2.45, 2.75) is 38.5 Å². The van der Waals surface area contributed by atoms with Crippen LogP contribution in [0.2, 0.25) is 0 Å². The van der Waals surface area contributed by atoms with Gasteiger partial charge in [0.15, 0.2) is 0 Å². The van der Waals surface area contributed by atoms with Crippen LogP contribution in [0.1, 0.15) is 38.7 Å². The highest BCUT2D eigenvalue weighted by Gasteiger charge is 2.37. The van der Waals surface area contributed by atoms with Gasteiger partial charge in [-0.15, -0.1) is 0 Å². The van der Waals surface area contributed by atoms with Crippen LogP contribution in [-0.2, 0) is 5.41 Å². The van der Waals surface area contributed by atoms with Gasteiger partial charge in [-0.3, -0.25) is 0 Å². The van der Waals surface area contributed by atoms with E-state index in [0.717, 1.165) is 19.0 Å².